The second kappa shape index (κ2) is 11.7. The van der Waals surface area contributed by atoms with Gasteiger partial charge in [0.2, 0.25) is 5.91 Å². The van der Waals surface area contributed by atoms with Gasteiger partial charge >= 0.3 is 0 Å². The normalized spacial score (nSPS) is 11.2. The number of benzene rings is 1. The Morgan fingerprint density at radius 3 is 2.58 bits per heavy atom. The molecule has 0 aliphatic heterocycles. The van der Waals surface area contributed by atoms with E-state index in [0.29, 0.717) is 30.7 Å². The summed E-state index contributed by atoms with van der Waals surface area (Å²) in [5.41, 5.74) is 1.05. The van der Waals surface area contributed by atoms with Gasteiger partial charge in [0.25, 0.3) is 0 Å². The predicted octanol–water partition coefficient (Wildman–Crippen LogP) is 1.89. The van der Waals surface area contributed by atoms with Gasteiger partial charge in [-0.1, -0.05) is 23.7 Å². The molecule has 24 heavy (non-hydrogen) atoms. The van der Waals surface area contributed by atoms with Gasteiger partial charge in [0.15, 0.2) is 5.96 Å². The van der Waals surface area contributed by atoms with Crippen molar-refractivity contribution in [3.63, 3.8) is 0 Å². The zero-order valence-electron chi connectivity index (χ0n) is 14.6. The third-order valence-corrected chi connectivity index (χ3v) is 3.45. The summed E-state index contributed by atoms with van der Waals surface area (Å²) in [4.78, 5) is 17.8. The van der Waals surface area contributed by atoms with Crippen LogP contribution in [0, 0.1) is 0 Å². The first kappa shape index (κ1) is 20.3. The van der Waals surface area contributed by atoms with Gasteiger partial charge in [-0.15, -0.1) is 0 Å². The van der Waals surface area contributed by atoms with Crippen LogP contribution in [0.2, 0.25) is 5.02 Å². The van der Waals surface area contributed by atoms with E-state index in [4.69, 9.17) is 16.3 Å². The molecule has 0 heterocycles. The lowest BCUT2D eigenvalue weighted by molar-refractivity contribution is -0.127. The molecule has 0 atom stereocenters. The van der Waals surface area contributed by atoms with E-state index in [1.807, 2.05) is 31.2 Å². The van der Waals surface area contributed by atoms with Gasteiger partial charge in [0.05, 0.1) is 13.1 Å². The summed E-state index contributed by atoms with van der Waals surface area (Å²) in [7, 11) is 3.45. The number of hydrogen-bond acceptors (Lipinski definition) is 3. The van der Waals surface area contributed by atoms with Crippen molar-refractivity contribution < 1.29 is 9.53 Å². The quantitative estimate of drug-likeness (QED) is 0.404. The molecule has 0 bridgehead atoms. The first-order valence-electron chi connectivity index (χ1n) is 8.07. The number of carbonyl (C=O) groups excluding carboxylic acids is 1. The number of nitrogens with zero attached hydrogens (tertiary/aromatic N) is 2. The first-order valence-corrected chi connectivity index (χ1v) is 8.45. The van der Waals surface area contributed by atoms with Crippen LogP contribution in [0.1, 0.15) is 18.9 Å². The van der Waals surface area contributed by atoms with Gasteiger partial charge in [-0.2, -0.15) is 0 Å². The minimum absolute atomic E-state index is 0.00897. The lowest BCUT2D eigenvalue weighted by Crippen LogP contribution is -2.43. The Kier molecular flexibility index (Phi) is 9.88. The number of ether oxygens (including phenoxy) is 1. The van der Waals surface area contributed by atoms with E-state index in [1.54, 1.807) is 19.0 Å². The maximum absolute atomic E-state index is 11.7. The molecule has 7 heteroatoms. The lowest BCUT2D eigenvalue weighted by Gasteiger charge is -2.15. The number of halogens is 1. The molecule has 0 fully saturated rings. The Morgan fingerprint density at radius 2 is 1.96 bits per heavy atom. The van der Waals surface area contributed by atoms with Crippen LogP contribution < -0.4 is 10.6 Å². The zero-order valence-corrected chi connectivity index (χ0v) is 15.4. The molecule has 2 N–H and O–H groups in total. The summed E-state index contributed by atoms with van der Waals surface area (Å²) in [6.45, 7) is 4.82. The summed E-state index contributed by atoms with van der Waals surface area (Å²) in [6.07, 6.45) is 0.872. The topological polar surface area (TPSA) is 66.0 Å². The van der Waals surface area contributed by atoms with E-state index in [2.05, 4.69) is 15.6 Å². The molecule has 134 valence electrons. The second-order valence-corrected chi connectivity index (χ2v) is 5.85. The zero-order chi connectivity index (χ0) is 17.8. The van der Waals surface area contributed by atoms with Crippen LogP contribution in [-0.4, -0.2) is 57.2 Å². The minimum Gasteiger partial charge on any atom is -0.382 e. The van der Waals surface area contributed by atoms with Crippen molar-refractivity contribution in [2.45, 2.75) is 19.9 Å². The molecule has 0 aliphatic rings. The molecular formula is C17H27ClN4O2. The first-order chi connectivity index (χ1) is 11.5. The van der Waals surface area contributed by atoms with E-state index < -0.39 is 0 Å². The molecule has 0 aromatic heterocycles. The Hall–Kier alpha value is -1.79. The molecule has 1 aromatic carbocycles. The van der Waals surface area contributed by atoms with Gasteiger partial charge in [-0.05, 0) is 31.0 Å². The summed E-state index contributed by atoms with van der Waals surface area (Å²) in [5.74, 6) is 0.599. The minimum atomic E-state index is -0.00897. The molecule has 1 rings (SSSR count). The number of likely N-dealkylation sites (N-methyl/N-ethyl adjacent to an activating group) is 1. The van der Waals surface area contributed by atoms with E-state index in [-0.39, 0.29) is 12.5 Å². The van der Waals surface area contributed by atoms with Crippen LogP contribution in [0.15, 0.2) is 29.3 Å². The molecule has 0 radical (unpaired) electrons. The fraction of sp³-hybridized carbons (Fsp3) is 0.529. The van der Waals surface area contributed by atoms with Gasteiger partial charge in [-0.25, -0.2) is 4.99 Å². The van der Waals surface area contributed by atoms with Gasteiger partial charge < -0.3 is 20.3 Å². The summed E-state index contributed by atoms with van der Waals surface area (Å²) < 4.78 is 5.31. The predicted molar refractivity (Wildman–Crippen MR) is 98.4 cm³/mol. The molecule has 1 amide bonds. The van der Waals surface area contributed by atoms with Crippen LogP contribution in [0.3, 0.4) is 0 Å². The molecule has 1 aromatic rings. The maximum Gasteiger partial charge on any atom is 0.241 e. The number of carbonyl (C=O) groups is 1. The number of aliphatic imine (C=N–C) groups is 1. The third kappa shape index (κ3) is 8.74. The number of amides is 1. The summed E-state index contributed by atoms with van der Waals surface area (Å²) >= 11 is 5.88. The van der Waals surface area contributed by atoms with Crippen LogP contribution in [0.4, 0.5) is 0 Å². The van der Waals surface area contributed by atoms with Crippen molar-refractivity contribution >= 4 is 23.5 Å². The van der Waals surface area contributed by atoms with E-state index in [9.17, 15) is 4.79 Å². The highest BCUT2D eigenvalue weighted by atomic mass is 35.5. The standard InChI is InChI=1S/C17H27ClN4O2/c1-4-24-11-5-10-19-17(21-13-16(23)22(2)3)20-12-14-6-8-15(18)9-7-14/h6-9H,4-5,10-13H2,1-3H3,(H2,19,20,21). The average molecular weight is 355 g/mol. The highest BCUT2D eigenvalue weighted by Gasteiger charge is 2.05. The molecule has 0 saturated heterocycles. The summed E-state index contributed by atoms with van der Waals surface area (Å²) in [6, 6.07) is 7.54. The third-order valence-electron chi connectivity index (χ3n) is 3.20. The molecule has 0 aliphatic carbocycles. The fourth-order valence-electron chi connectivity index (χ4n) is 1.78. The SMILES string of the molecule is CCOCCCNC(=NCc1ccc(Cl)cc1)NCC(=O)N(C)C. The fourth-order valence-corrected chi connectivity index (χ4v) is 1.90. The number of hydrogen-bond donors (Lipinski definition) is 2. The highest BCUT2D eigenvalue weighted by molar-refractivity contribution is 6.30. The molecule has 6 nitrogen and oxygen atoms in total. The van der Waals surface area contributed by atoms with Crippen molar-refractivity contribution in [3.8, 4) is 0 Å². The maximum atomic E-state index is 11.7. The smallest absolute Gasteiger partial charge is 0.241 e. The van der Waals surface area contributed by atoms with Crippen molar-refractivity contribution in [3.05, 3.63) is 34.9 Å². The number of nitrogens with one attached hydrogen (secondary N) is 2. The van der Waals surface area contributed by atoms with Gasteiger partial charge in [0, 0.05) is 38.9 Å². The van der Waals surface area contributed by atoms with Gasteiger partial charge in [-0.3, -0.25) is 4.79 Å². The van der Waals surface area contributed by atoms with E-state index in [1.165, 1.54) is 0 Å². The van der Waals surface area contributed by atoms with E-state index in [0.717, 1.165) is 18.5 Å². The molecule has 0 unspecified atom stereocenters. The van der Waals surface area contributed by atoms with E-state index >= 15 is 0 Å². The number of guanidine groups is 1. The Balaban J connectivity index is 2.55. The Morgan fingerprint density at radius 1 is 1.25 bits per heavy atom. The monoisotopic (exact) mass is 354 g/mol. The highest BCUT2D eigenvalue weighted by Crippen LogP contribution is 2.10. The Bertz CT molecular complexity index is 518. The van der Waals surface area contributed by atoms with Crippen LogP contribution in [0.25, 0.3) is 0 Å². The van der Waals surface area contributed by atoms with Crippen LogP contribution in [-0.2, 0) is 16.1 Å². The van der Waals surface area contributed by atoms with Gasteiger partial charge in [0.1, 0.15) is 0 Å². The molecule has 0 spiro atoms. The van der Waals surface area contributed by atoms with Crippen LogP contribution in [0.5, 0.6) is 0 Å². The largest absolute Gasteiger partial charge is 0.382 e. The van der Waals surface area contributed by atoms with Crippen molar-refractivity contribution in [1.82, 2.24) is 15.5 Å². The average Bonchev–Trinajstić information content (AvgIpc) is 2.57. The van der Waals surface area contributed by atoms with Crippen molar-refractivity contribution in [2.24, 2.45) is 4.99 Å². The number of rotatable bonds is 9. The lowest BCUT2D eigenvalue weighted by atomic mass is 10.2. The second-order valence-electron chi connectivity index (χ2n) is 5.41. The van der Waals surface area contributed by atoms with Crippen LogP contribution >= 0.6 is 11.6 Å². The molecule has 0 saturated carbocycles. The molecular weight excluding hydrogens is 328 g/mol. The van der Waals surface area contributed by atoms with Crippen molar-refractivity contribution in [2.75, 3.05) is 40.4 Å². The Labute approximate surface area is 149 Å². The van der Waals surface area contributed by atoms with Crippen molar-refractivity contribution in [1.29, 1.82) is 0 Å². The summed E-state index contributed by atoms with van der Waals surface area (Å²) in [5, 5.41) is 6.97.